The maximum atomic E-state index is 11.4. The van der Waals surface area contributed by atoms with Gasteiger partial charge in [0.05, 0.1) is 18.7 Å². The fraction of sp³-hybridized carbons (Fsp3) is 0.500. The topological polar surface area (TPSA) is 82.9 Å². The molecular weight excluding hydrogens is 476 g/mol. The van der Waals surface area contributed by atoms with Crippen molar-refractivity contribution in [1.82, 2.24) is 9.88 Å². The molecule has 3 aromatic rings. The fourth-order valence-corrected chi connectivity index (χ4v) is 5.89. The van der Waals surface area contributed by atoms with E-state index in [0.717, 1.165) is 67.5 Å². The Labute approximate surface area is 226 Å². The molecule has 2 N–H and O–H groups in total. The van der Waals surface area contributed by atoms with Gasteiger partial charge in [-0.05, 0) is 112 Å². The molecule has 1 fully saturated rings. The number of fused-ring (bicyclic) bond motifs is 1. The molecule has 1 saturated heterocycles. The summed E-state index contributed by atoms with van der Waals surface area (Å²) in [6, 6.07) is 16.4. The molecule has 2 heterocycles. The Bertz CT molecular complexity index is 1180. The molecule has 3 atom stereocenters. The number of unbranched alkanes of at least 4 members (excludes halogenated alkanes) is 1. The number of rotatable bonds is 13. The molecule has 1 aromatic heterocycles. The van der Waals surface area contributed by atoms with E-state index >= 15 is 0 Å². The van der Waals surface area contributed by atoms with Crippen LogP contribution in [0.1, 0.15) is 67.7 Å². The monoisotopic (exact) mass is 518 g/mol. The number of methoxy groups -OCH3 is 1. The van der Waals surface area contributed by atoms with E-state index < -0.39 is 12.1 Å². The van der Waals surface area contributed by atoms with E-state index in [1.807, 2.05) is 24.3 Å². The lowest BCUT2D eigenvalue weighted by Crippen LogP contribution is -2.41. The normalized spacial score (nSPS) is 18.9. The van der Waals surface area contributed by atoms with E-state index in [1.54, 1.807) is 13.3 Å². The second kappa shape index (κ2) is 13.7. The van der Waals surface area contributed by atoms with Crippen molar-refractivity contribution >= 4 is 16.9 Å². The van der Waals surface area contributed by atoms with Crippen LogP contribution in [-0.4, -0.2) is 52.8 Å². The lowest BCUT2D eigenvalue weighted by atomic mass is 9.79. The number of aliphatic hydroxyl groups is 1. The minimum atomic E-state index is -0.726. The highest BCUT2D eigenvalue weighted by atomic mass is 16.5. The number of benzene rings is 2. The second-order valence-corrected chi connectivity index (χ2v) is 10.9. The summed E-state index contributed by atoms with van der Waals surface area (Å²) < 4.78 is 5.38. The molecule has 0 amide bonds. The quantitative estimate of drug-likeness (QED) is 0.263. The molecule has 1 aliphatic rings. The Morgan fingerprint density at radius 2 is 1.92 bits per heavy atom. The van der Waals surface area contributed by atoms with Crippen LogP contribution in [0.15, 0.2) is 54.7 Å². The largest absolute Gasteiger partial charge is 0.497 e. The van der Waals surface area contributed by atoms with Crippen LogP contribution in [0.3, 0.4) is 0 Å². The van der Waals surface area contributed by atoms with Crippen LogP contribution in [0.4, 0.5) is 0 Å². The molecule has 1 unspecified atom stereocenters. The fourth-order valence-electron chi connectivity index (χ4n) is 5.89. The van der Waals surface area contributed by atoms with Gasteiger partial charge in [-0.2, -0.15) is 0 Å². The van der Waals surface area contributed by atoms with Crippen LogP contribution in [0.2, 0.25) is 0 Å². The van der Waals surface area contributed by atoms with Gasteiger partial charge in [0.2, 0.25) is 0 Å². The third-order valence-corrected chi connectivity index (χ3v) is 8.17. The van der Waals surface area contributed by atoms with Gasteiger partial charge in [-0.1, -0.05) is 29.8 Å². The van der Waals surface area contributed by atoms with Crippen molar-refractivity contribution in [2.24, 2.45) is 11.8 Å². The number of piperidine rings is 1. The van der Waals surface area contributed by atoms with Crippen LogP contribution in [0.5, 0.6) is 5.75 Å². The van der Waals surface area contributed by atoms with Gasteiger partial charge in [-0.15, -0.1) is 0 Å². The first-order chi connectivity index (χ1) is 18.4. The summed E-state index contributed by atoms with van der Waals surface area (Å²) in [4.78, 5) is 18.3. The maximum absolute atomic E-state index is 11.4. The zero-order valence-electron chi connectivity index (χ0n) is 22.8. The van der Waals surface area contributed by atoms with Crippen LogP contribution in [0, 0.1) is 18.8 Å². The Balaban J connectivity index is 1.31. The van der Waals surface area contributed by atoms with Crippen molar-refractivity contribution in [1.29, 1.82) is 0 Å². The first-order valence-electron chi connectivity index (χ1n) is 14.0. The van der Waals surface area contributed by atoms with Crippen molar-refractivity contribution < 1.29 is 19.7 Å². The minimum absolute atomic E-state index is 0.208. The third-order valence-electron chi connectivity index (χ3n) is 8.17. The number of aliphatic hydroxyl groups excluding tert-OH is 1. The Morgan fingerprint density at radius 3 is 2.68 bits per heavy atom. The van der Waals surface area contributed by atoms with Gasteiger partial charge in [0, 0.05) is 24.5 Å². The smallest absolute Gasteiger partial charge is 0.303 e. The highest BCUT2D eigenvalue weighted by Crippen LogP contribution is 2.35. The number of carboxylic acid groups (broad SMARTS) is 1. The number of hydrogen-bond donors (Lipinski definition) is 2. The summed E-state index contributed by atoms with van der Waals surface area (Å²) >= 11 is 0. The number of nitrogens with zero attached hydrogens (tertiary/aromatic N) is 2. The van der Waals surface area contributed by atoms with E-state index in [4.69, 9.17) is 4.74 Å². The van der Waals surface area contributed by atoms with Crippen molar-refractivity contribution in [2.45, 2.75) is 64.4 Å². The SMILES string of the molecule is COc1ccc2nccc(C(O)CC[C@@H]3CCN(CCCCc4ccc(C)cc4)C[C@@H]3CCC(=O)O)c2c1. The molecule has 0 bridgehead atoms. The third kappa shape index (κ3) is 7.78. The van der Waals surface area contributed by atoms with Gasteiger partial charge in [-0.25, -0.2) is 0 Å². The highest BCUT2D eigenvalue weighted by Gasteiger charge is 2.30. The van der Waals surface area contributed by atoms with Crippen LogP contribution in [0.25, 0.3) is 10.9 Å². The summed E-state index contributed by atoms with van der Waals surface area (Å²) in [6.45, 7) is 5.18. The number of likely N-dealkylation sites (tertiary alicyclic amines) is 1. The average Bonchev–Trinajstić information content (AvgIpc) is 2.93. The lowest BCUT2D eigenvalue weighted by molar-refractivity contribution is -0.137. The molecule has 6 nitrogen and oxygen atoms in total. The molecule has 0 radical (unpaired) electrons. The van der Waals surface area contributed by atoms with E-state index in [-0.39, 0.29) is 6.42 Å². The first kappa shape index (κ1) is 28.1. The average molecular weight is 519 g/mol. The molecule has 0 saturated carbocycles. The predicted octanol–water partition coefficient (Wildman–Crippen LogP) is 6.19. The molecule has 6 heteroatoms. The highest BCUT2D eigenvalue weighted by molar-refractivity contribution is 5.83. The standard InChI is InChI=1S/C32H42N2O4/c1-23-6-8-24(9-7-23)5-3-4-19-34-20-17-25(26(22-34)11-15-32(36)37)10-14-31(35)28-16-18-33-30-13-12-27(38-2)21-29(28)30/h6-9,12-13,16,18,21,25-26,31,35H,3-5,10-11,14-15,17,19-20,22H2,1-2H3,(H,36,37)/t25-,26+,31?/m1/s1. The van der Waals surface area contributed by atoms with E-state index in [2.05, 4.69) is 41.1 Å². The van der Waals surface area contributed by atoms with Gasteiger partial charge in [0.1, 0.15) is 5.75 Å². The molecular formula is C32H42N2O4. The molecule has 204 valence electrons. The van der Waals surface area contributed by atoms with Gasteiger partial charge in [0.15, 0.2) is 0 Å². The van der Waals surface area contributed by atoms with Gasteiger partial charge >= 0.3 is 5.97 Å². The first-order valence-corrected chi connectivity index (χ1v) is 14.0. The van der Waals surface area contributed by atoms with Gasteiger partial charge < -0.3 is 19.8 Å². The van der Waals surface area contributed by atoms with Crippen molar-refractivity contribution in [3.8, 4) is 5.75 Å². The van der Waals surface area contributed by atoms with Crippen molar-refractivity contribution in [3.05, 3.63) is 71.4 Å². The van der Waals surface area contributed by atoms with Crippen molar-refractivity contribution in [2.75, 3.05) is 26.7 Å². The van der Waals surface area contributed by atoms with E-state index in [1.165, 1.54) is 17.5 Å². The van der Waals surface area contributed by atoms with Crippen molar-refractivity contribution in [3.63, 3.8) is 0 Å². The zero-order chi connectivity index (χ0) is 26.9. The molecule has 2 aromatic carbocycles. The molecule has 4 rings (SSSR count). The Hall–Kier alpha value is -2.96. The number of carbonyl (C=O) groups is 1. The minimum Gasteiger partial charge on any atom is -0.497 e. The van der Waals surface area contributed by atoms with Crippen LogP contribution < -0.4 is 4.74 Å². The summed E-state index contributed by atoms with van der Waals surface area (Å²) in [5.41, 5.74) is 4.41. The summed E-state index contributed by atoms with van der Waals surface area (Å²) in [6.07, 6.45) is 8.09. The molecule has 0 spiro atoms. The maximum Gasteiger partial charge on any atom is 0.303 e. The Morgan fingerprint density at radius 1 is 1.11 bits per heavy atom. The molecule has 0 aliphatic carbocycles. The lowest BCUT2D eigenvalue weighted by Gasteiger charge is -2.39. The van der Waals surface area contributed by atoms with Crippen LogP contribution in [-0.2, 0) is 11.2 Å². The van der Waals surface area contributed by atoms with E-state index in [0.29, 0.717) is 24.7 Å². The predicted molar refractivity (Wildman–Crippen MR) is 152 cm³/mol. The van der Waals surface area contributed by atoms with Gasteiger partial charge in [-0.3, -0.25) is 9.78 Å². The second-order valence-electron chi connectivity index (χ2n) is 10.9. The number of aliphatic carboxylic acids is 1. The molecule has 38 heavy (non-hydrogen) atoms. The summed E-state index contributed by atoms with van der Waals surface area (Å²) in [5, 5.41) is 21.4. The summed E-state index contributed by atoms with van der Waals surface area (Å²) in [5.74, 6) is 0.795. The number of ether oxygens (including phenoxy) is 1. The molecule has 1 aliphatic heterocycles. The number of aryl methyl sites for hydroxylation is 2. The number of hydrogen-bond acceptors (Lipinski definition) is 5. The van der Waals surface area contributed by atoms with Gasteiger partial charge in [0.25, 0.3) is 0 Å². The zero-order valence-corrected chi connectivity index (χ0v) is 22.8. The van der Waals surface area contributed by atoms with E-state index in [9.17, 15) is 15.0 Å². The number of pyridine rings is 1. The van der Waals surface area contributed by atoms with Crippen LogP contribution >= 0.6 is 0 Å². The number of aromatic nitrogens is 1. The number of carboxylic acids is 1. The summed E-state index contributed by atoms with van der Waals surface area (Å²) in [7, 11) is 1.64. The Kier molecular flexibility index (Phi) is 10.1.